The minimum absolute atomic E-state index is 0.280. The predicted octanol–water partition coefficient (Wildman–Crippen LogP) is 4.89. The van der Waals surface area contributed by atoms with Crippen LogP contribution in [0.25, 0.3) is 11.3 Å². The first-order chi connectivity index (χ1) is 12.7. The van der Waals surface area contributed by atoms with Crippen LogP contribution in [-0.4, -0.2) is 17.2 Å². The Bertz CT molecular complexity index is 891. The average molecular weight is 348 g/mol. The quantitative estimate of drug-likeness (QED) is 0.615. The molecule has 3 N–H and O–H groups in total. The summed E-state index contributed by atoms with van der Waals surface area (Å²) in [5.41, 5.74) is 7.12. The number of benzene rings is 2. The Morgan fingerprint density at radius 2 is 1.96 bits per heavy atom. The van der Waals surface area contributed by atoms with Crippen molar-refractivity contribution in [3.8, 4) is 22.8 Å². The molecule has 0 atom stereocenters. The van der Waals surface area contributed by atoms with E-state index in [1.54, 1.807) is 19.2 Å². The Morgan fingerprint density at radius 1 is 1.08 bits per heavy atom. The van der Waals surface area contributed by atoms with Crippen molar-refractivity contribution in [1.82, 2.24) is 4.98 Å². The first kappa shape index (κ1) is 16.6. The number of H-pyrrole nitrogens is 1. The summed E-state index contributed by atoms with van der Waals surface area (Å²) in [7, 11) is 1.68. The Balaban J connectivity index is 1.59. The lowest BCUT2D eigenvalue weighted by atomic mass is 9.98. The van der Waals surface area contributed by atoms with Gasteiger partial charge in [-0.2, -0.15) is 0 Å². The molecule has 0 saturated carbocycles. The third-order valence-electron chi connectivity index (χ3n) is 5.02. The molecule has 134 valence electrons. The van der Waals surface area contributed by atoms with Crippen molar-refractivity contribution in [1.29, 1.82) is 0 Å². The highest BCUT2D eigenvalue weighted by molar-refractivity contribution is 5.71. The Hall–Kier alpha value is -2.88. The summed E-state index contributed by atoms with van der Waals surface area (Å²) >= 11 is 0. The van der Waals surface area contributed by atoms with Gasteiger partial charge >= 0.3 is 0 Å². The van der Waals surface area contributed by atoms with Gasteiger partial charge in [0.05, 0.1) is 12.8 Å². The molecule has 0 amide bonds. The van der Waals surface area contributed by atoms with Gasteiger partial charge in [-0.05, 0) is 73.2 Å². The fourth-order valence-electron chi connectivity index (χ4n) is 3.64. The fraction of sp³-hybridized carbons (Fsp3) is 0.273. The number of nitrogens with one attached hydrogen (secondary N) is 2. The van der Waals surface area contributed by atoms with E-state index in [2.05, 4.69) is 28.5 Å². The van der Waals surface area contributed by atoms with Crippen molar-refractivity contribution in [2.45, 2.75) is 32.2 Å². The molecular formula is C22H24N2O2. The van der Waals surface area contributed by atoms with E-state index in [9.17, 15) is 5.11 Å². The van der Waals surface area contributed by atoms with E-state index < -0.39 is 0 Å². The second-order valence-corrected chi connectivity index (χ2v) is 6.83. The molecule has 4 heteroatoms. The number of anilines is 1. The molecule has 0 spiro atoms. The number of hydrogen-bond acceptors (Lipinski definition) is 3. The second kappa shape index (κ2) is 7.16. The maximum atomic E-state index is 9.63. The molecule has 0 radical (unpaired) electrons. The molecule has 3 aromatic rings. The number of aromatic nitrogens is 1. The topological polar surface area (TPSA) is 57.3 Å². The molecule has 0 saturated heterocycles. The van der Waals surface area contributed by atoms with Gasteiger partial charge in [0, 0.05) is 23.5 Å². The highest BCUT2D eigenvalue weighted by atomic mass is 16.5. The monoisotopic (exact) mass is 348 g/mol. The molecule has 1 heterocycles. The molecule has 1 aliphatic rings. The number of aryl methyl sites for hydroxylation is 2. The zero-order chi connectivity index (χ0) is 17.9. The fourth-order valence-corrected chi connectivity index (χ4v) is 3.64. The van der Waals surface area contributed by atoms with Crippen molar-refractivity contribution in [2.24, 2.45) is 0 Å². The van der Waals surface area contributed by atoms with Gasteiger partial charge in [-0.1, -0.05) is 12.1 Å². The number of aromatic amines is 1. The van der Waals surface area contributed by atoms with E-state index in [0.29, 0.717) is 6.54 Å². The largest absolute Gasteiger partial charge is 0.508 e. The van der Waals surface area contributed by atoms with E-state index in [-0.39, 0.29) is 5.75 Å². The molecule has 26 heavy (non-hydrogen) atoms. The number of fused-ring (bicyclic) bond motifs is 1. The van der Waals surface area contributed by atoms with Gasteiger partial charge in [-0.15, -0.1) is 0 Å². The minimum atomic E-state index is 0.280. The molecule has 4 rings (SSSR count). The van der Waals surface area contributed by atoms with Gasteiger partial charge in [0.2, 0.25) is 0 Å². The van der Waals surface area contributed by atoms with Crippen molar-refractivity contribution >= 4 is 5.69 Å². The van der Waals surface area contributed by atoms with Gasteiger partial charge in [0.25, 0.3) is 0 Å². The maximum Gasteiger partial charge on any atom is 0.142 e. The SMILES string of the molecule is COc1ccc(-c2cc3c([nH]2)CCCC3)cc1NCc1cccc(O)c1. The predicted molar refractivity (Wildman–Crippen MR) is 105 cm³/mol. The van der Waals surface area contributed by atoms with E-state index in [4.69, 9.17) is 4.74 Å². The number of hydrogen-bond donors (Lipinski definition) is 3. The van der Waals surface area contributed by atoms with Gasteiger partial charge in [0.15, 0.2) is 0 Å². The lowest BCUT2D eigenvalue weighted by molar-refractivity contribution is 0.416. The first-order valence-electron chi connectivity index (χ1n) is 9.14. The molecule has 0 bridgehead atoms. The summed E-state index contributed by atoms with van der Waals surface area (Å²) in [5, 5.41) is 13.1. The summed E-state index contributed by atoms with van der Waals surface area (Å²) in [6, 6.07) is 15.8. The molecule has 0 aliphatic heterocycles. The number of rotatable bonds is 5. The van der Waals surface area contributed by atoms with Crippen LogP contribution in [0.3, 0.4) is 0 Å². The molecule has 2 aromatic carbocycles. The van der Waals surface area contributed by atoms with Crippen LogP contribution in [-0.2, 0) is 19.4 Å². The van der Waals surface area contributed by atoms with Gasteiger partial charge in [-0.3, -0.25) is 0 Å². The molecule has 1 aromatic heterocycles. The summed E-state index contributed by atoms with van der Waals surface area (Å²) in [6.45, 7) is 0.620. The molecular weight excluding hydrogens is 324 g/mol. The number of ether oxygens (including phenoxy) is 1. The summed E-state index contributed by atoms with van der Waals surface area (Å²) < 4.78 is 5.51. The molecule has 4 nitrogen and oxygen atoms in total. The number of methoxy groups -OCH3 is 1. The van der Waals surface area contributed by atoms with E-state index >= 15 is 0 Å². The van der Waals surface area contributed by atoms with Crippen LogP contribution in [0.5, 0.6) is 11.5 Å². The van der Waals surface area contributed by atoms with Crippen LogP contribution in [0.4, 0.5) is 5.69 Å². The number of aromatic hydroxyl groups is 1. The number of phenolic OH excluding ortho intramolecular Hbond substituents is 1. The zero-order valence-corrected chi connectivity index (χ0v) is 15.0. The van der Waals surface area contributed by atoms with E-state index in [1.807, 2.05) is 18.2 Å². The van der Waals surface area contributed by atoms with Crippen LogP contribution in [0.1, 0.15) is 29.7 Å². The van der Waals surface area contributed by atoms with Crippen molar-refractivity contribution < 1.29 is 9.84 Å². The Kier molecular flexibility index (Phi) is 4.57. The summed E-state index contributed by atoms with van der Waals surface area (Å²) in [5.74, 6) is 1.09. The zero-order valence-electron chi connectivity index (χ0n) is 15.0. The lowest BCUT2D eigenvalue weighted by Gasteiger charge is -2.13. The van der Waals surface area contributed by atoms with Gasteiger partial charge in [-0.25, -0.2) is 0 Å². The highest BCUT2D eigenvalue weighted by Crippen LogP contribution is 2.33. The normalized spacial score (nSPS) is 13.3. The number of phenols is 1. The Morgan fingerprint density at radius 3 is 2.77 bits per heavy atom. The van der Waals surface area contributed by atoms with Crippen LogP contribution in [0.2, 0.25) is 0 Å². The van der Waals surface area contributed by atoms with Gasteiger partial charge < -0.3 is 20.1 Å². The summed E-state index contributed by atoms with van der Waals surface area (Å²) in [4.78, 5) is 3.59. The highest BCUT2D eigenvalue weighted by Gasteiger charge is 2.14. The van der Waals surface area contributed by atoms with Crippen LogP contribution in [0, 0.1) is 0 Å². The lowest BCUT2D eigenvalue weighted by Crippen LogP contribution is -2.01. The standard InChI is InChI=1S/C22H24N2O2/c1-26-22-10-9-17(20-12-16-6-2-3-8-19(16)24-20)13-21(22)23-14-15-5-4-7-18(25)11-15/h4-5,7,9-13,23-25H,2-3,6,8,14H2,1H3. The van der Waals surface area contributed by atoms with Crippen molar-refractivity contribution in [2.75, 3.05) is 12.4 Å². The minimum Gasteiger partial charge on any atom is -0.508 e. The second-order valence-electron chi connectivity index (χ2n) is 6.83. The summed E-state index contributed by atoms with van der Waals surface area (Å²) in [6.07, 6.45) is 4.87. The van der Waals surface area contributed by atoms with Crippen molar-refractivity contribution in [3.63, 3.8) is 0 Å². The van der Waals surface area contributed by atoms with Crippen LogP contribution >= 0.6 is 0 Å². The van der Waals surface area contributed by atoms with Gasteiger partial charge in [0.1, 0.15) is 11.5 Å². The molecule has 1 aliphatic carbocycles. The average Bonchev–Trinajstić information content (AvgIpc) is 3.10. The first-order valence-corrected chi connectivity index (χ1v) is 9.14. The maximum absolute atomic E-state index is 9.63. The third-order valence-corrected chi connectivity index (χ3v) is 5.02. The van der Waals surface area contributed by atoms with Crippen LogP contribution < -0.4 is 10.1 Å². The molecule has 0 fully saturated rings. The smallest absolute Gasteiger partial charge is 0.142 e. The molecule has 0 unspecified atom stereocenters. The Labute approximate surface area is 153 Å². The van der Waals surface area contributed by atoms with Crippen molar-refractivity contribution in [3.05, 3.63) is 65.4 Å². The van der Waals surface area contributed by atoms with E-state index in [0.717, 1.165) is 29.0 Å². The van der Waals surface area contributed by atoms with Crippen LogP contribution in [0.15, 0.2) is 48.5 Å². The third kappa shape index (κ3) is 3.40. The van der Waals surface area contributed by atoms with E-state index in [1.165, 1.54) is 36.2 Å².